The van der Waals surface area contributed by atoms with Gasteiger partial charge < -0.3 is 4.74 Å². The minimum absolute atomic E-state index is 0.120. The number of carbonyl (C=O) groups is 1. The summed E-state index contributed by atoms with van der Waals surface area (Å²) in [6, 6.07) is 16.0. The first-order valence-corrected chi connectivity index (χ1v) is 8.67. The van der Waals surface area contributed by atoms with Crippen molar-refractivity contribution in [2.24, 2.45) is 4.99 Å². The van der Waals surface area contributed by atoms with Gasteiger partial charge in [-0.25, -0.2) is 0 Å². The van der Waals surface area contributed by atoms with E-state index in [-0.39, 0.29) is 11.0 Å². The molecule has 0 spiro atoms. The number of aliphatic imine (C=N–C) groups is 1. The lowest BCUT2D eigenvalue weighted by Crippen LogP contribution is -2.13. The van der Waals surface area contributed by atoms with Crippen LogP contribution in [0.3, 0.4) is 0 Å². The van der Waals surface area contributed by atoms with Crippen LogP contribution in [0.5, 0.6) is 5.75 Å². The lowest BCUT2D eigenvalue weighted by atomic mass is 10.1. The van der Waals surface area contributed by atoms with Crippen molar-refractivity contribution in [2.45, 2.75) is 23.5 Å². The van der Waals surface area contributed by atoms with Crippen molar-refractivity contribution in [2.75, 3.05) is 13.2 Å². The Hall–Kier alpha value is -2.07. The van der Waals surface area contributed by atoms with Crippen LogP contribution in [0.4, 0.5) is 0 Å². The minimum Gasteiger partial charge on any atom is -0.494 e. The maximum atomic E-state index is 12.4. The highest BCUT2D eigenvalue weighted by atomic mass is 32.2. The van der Waals surface area contributed by atoms with Gasteiger partial charge in [-0.15, -0.1) is 11.8 Å². The smallest absolute Gasteiger partial charge is 0.182 e. The highest BCUT2D eigenvalue weighted by Gasteiger charge is 2.30. The van der Waals surface area contributed by atoms with Crippen LogP contribution in [0.2, 0.25) is 0 Å². The summed E-state index contributed by atoms with van der Waals surface area (Å²) in [5.74, 6) is 0.872. The fourth-order valence-electron chi connectivity index (χ4n) is 2.51. The lowest BCUT2D eigenvalue weighted by Gasteiger charge is -2.03. The van der Waals surface area contributed by atoms with E-state index in [1.54, 1.807) is 18.0 Å². The van der Waals surface area contributed by atoms with Gasteiger partial charge >= 0.3 is 0 Å². The molecule has 0 fully saturated rings. The Bertz CT molecular complexity index is 713. The number of ether oxygens (including phenoxy) is 1. The number of hydrogen-bond donors (Lipinski definition) is 0. The molecule has 0 amide bonds. The fourth-order valence-corrected chi connectivity index (χ4v) is 3.60. The van der Waals surface area contributed by atoms with Gasteiger partial charge in [0.15, 0.2) is 5.78 Å². The van der Waals surface area contributed by atoms with E-state index >= 15 is 0 Å². The first kappa shape index (κ1) is 15.8. The maximum Gasteiger partial charge on any atom is 0.182 e. The summed E-state index contributed by atoms with van der Waals surface area (Å²) < 4.78 is 5.47. The van der Waals surface area contributed by atoms with Gasteiger partial charge in [-0.05, 0) is 37.1 Å². The standard InChI is InChI=1S/C19H19NO2S/c1-2-22-15-8-9-17-16(12-15)19(21)18(23-17)13-20-11-10-14-6-4-3-5-7-14/h3-9,12-13,18H,2,10-11H2,1H3/t18-/m0/s1. The highest BCUT2D eigenvalue weighted by Crippen LogP contribution is 2.38. The van der Waals surface area contributed by atoms with Crippen molar-refractivity contribution >= 4 is 23.8 Å². The Morgan fingerprint density at radius 2 is 2.04 bits per heavy atom. The third kappa shape index (κ3) is 3.82. The average Bonchev–Trinajstić information content (AvgIpc) is 2.89. The van der Waals surface area contributed by atoms with Crippen LogP contribution in [-0.2, 0) is 6.42 Å². The van der Waals surface area contributed by atoms with Gasteiger partial charge in [0.05, 0.1) is 6.61 Å². The Labute approximate surface area is 140 Å². The zero-order valence-corrected chi connectivity index (χ0v) is 13.9. The Morgan fingerprint density at radius 1 is 1.22 bits per heavy atom. The molecule has 2 aromatic rings. The van der Waals surface area contributed by atoms with E-state index in [0.29, 0.717) is 13.2 Å². The molecule has 0 unspecified atom stereocenters. The zero-order chi connectivity index (χ0) is 16.1. The Balaban J connectivity index is 1.59. The van der Waals surface area contributed by atoms with Gasteiger partial charge in [-0.2, -0.15) is 0 Å². The predicted molar refractivity (Wildman–Crippen MR) is 95.1 cm³/mol. The van der Waals surface area contributed by atoms with Gasteiger partial charge in [-0.1, -0.05) is 30.3 Å². The topological polar surface area (TPSA) is 38.7 Å². The number of fused-ring (bicyclic) bond motifs is 1. The van der Waals surface area contributed by atoms with Crippen LogP contribution in [-0.4, -0.2) is 30.4 Å². The first-order valence-electron chi connectivity index (χ1n) is 7.79. The Morgan fingerprint density at radius 3 is 2.83 bits per heavy atom. The molecular weight excluding hydrogens is 306 g/mol. The molecule has 0 aliphatic carbocycles. The normalized spacial score (nSPS) is 16.7. The number of rotatable bonds is 6. The van der Waals surface area contributed by atoms with Crippen molar-refractivity contribution in [1.82, 2.24) is 0 Å². The maximum absolute atomic E-state index is 12.4. The summed E-state index contributed by atoms with van der Waals surface area (Å²) in [6.45, 7) is 3.24. The molecule has 1 atom stereocenters. The fraction of sp³-hybridized carbons (Fsp3) is 0.263. The zero-order valence-electron chi connectivity index (χ0n) is 13.1. The lowest BCUT2D eigenvalue weighted by molar-refractivity contribution is 0.101. The van der Waals surface area contributed by atoms with Crippen molar-refractivity contribution in [1.29, 1.82) is 0 Å². The van der Waals surface area contributed by atoms with Crippen LogP contribution < -0.4 is 4.74 Å². The molecule has 3 nitrogen and oxygen atoms in total. The SMILES string of the molecule is CCOc1ccc2c(c1)C(=O)[C@H](C=NCCc1ccccc1)S2. The van der Waals surface area contributed by atoms with Crippen LogP contribution in [0, 0.1) is 0 Å². The number of Topliss-reactive ketones (excluding diaryl/α,β-unsaturated/α-hetero) is 1. The molecule has 3 rings (SSSR count). The summed E-state index contributed by atoms with van der Waals surface area (Å²) in [4.78, 5) is 17.9. The average molecular weight is 325 g/mol. The first-order chi connectivity index (χ1) is 11.3. The predicted octanol–water partition coefficient (Wildman–Crippen LogP) is 4.06. The van der Waals surface area contributed by atoms with Crippen LogP contribution in [0.25, 0.3) is 0 Å². The summed E-state index contributed by atoms with van der Waals surface area (Å²) in [6.07, 6.45) is 2.68. The molecule has 4 heteroatoms. The second-order valence-corrected chi connectivity index (χ2v) is 6.47. The van der Waals surface area contributed by atoms with Crippen molar-refractivity contribution in [3.05, 3.63) is 59.7 Å². The molecule has 0 bridgehead atoms. The van der Waals surface area contributed by atoms with Gasteiger partial charge in [-0.3, -0.25) is 9.79 Å². The summed E-state index contributed by atoms with van der Waals surface area (Å²) >= 11 is 1.56. The van der Waals surface area contributed by atoms with E-state index in [1.807, 2.05) is 43.3 Å². The quantitative estimate of drug-likeness (QED) is 0.752. The molecule has 1 aliphatic rings. The van der Waals surface area contributed by atoms with Gasteiger partial charge in [0.2, 0.25) is 0 Å². The highest BCUT2D eigenvalue weighted by molar-refractivity contribution is 8.02. The Kier molecular flexibility index (Phi) is 5.13. The van der Waals surface area contributed by atoms with Gasteiger partial charge in [0.25, 0.3) is 0 Å². The molecule has 0 radical (unpaired) electrons. The number of ketones is 1. The molecule has 0 aromatic heterocycles. The molecule has 0 N–H and O–H groups in total. The molecular formula is C19H19NO2S. The van der Waals surface area contributed by atoms with Gasteiger partial charge in [0.1, 0.15) is 11.0 Å². The number of carbonyl (C=O) groups excluding carboxylic acids is 1. The molecule has 0 saturated carbocycles. The molecule has 23 heavy (non-hydrogen) atoms. The van der Waals surface area contributed by atoms with E-state index in [2.05, 4.69) is 17.1 Å². The number of nitrogens with zero attached hydrogens (tertiary/aromatic N) is 1. The monoisotopic (exact) mass is 325 g/mol. The van der Waals surface area contributed by atoms with Crippen LogP contribution in [0.15, 0.2) is 58.4 Å². The third-order valence-electron chi connectivity index (χ3n) is 3.65. The second-order valence-electron chi connectivity index (χ2n) is 5.28. The van der Waals surface area contributed by atoms with Crippen LogP contribution in [0.1, 0.15) is 22.8 Å². The van der Waals surface area contributed by atoms with E-state index < -0.39 is 0 Å². The molecule has 1 aliphatic heterocycles. The van der Waals surface area contributed by atoms with E-state index in [1.165, 1.54) is 5.56 Å². The second kappa shape index (κ2) is 7.47. The van der Waals surface area contributed by atoms with Crippen molar-refractivity contribution in [3.8, 4) is 5.75 Å². The van der Waals surface area contributed by atoms with E-state index in [0.717, 1.165) is 22.6 Å². The van der Waals surface area contributed by atoms with Crippen molar-refractivity contribution < 1.29 is 9.53 Å². The van der Waals surface area contributed by atoms with Gasteiger partial charge in [0, 0.05) is 23.2 Å². The van der Waals surface area contributed by atoms with E-state index in [9.17, 15) is 4.79 Å². The summed E-state index contributed by atoms with van der Waals surface area (Å²) in [7, 11) is 0. The van der Waals surface area contributed by atoms with Crippen molar-refractivity contribution in [3.63, 3.8) is 0 Å². The number of benzene rings is 2. The third-order valence-corrected chi connectivity index (χ3v) is 4.85. The molecule has 2 aromatic carbocycles. The molecule has 118 valence electrons. The minimum atomic E-state index is -0.211. The number of hydrogen-bond acceptors (Lipinski definition) is 4. The summed E-state index contributed by atoms with van der Waals surface area (Å²) in [5, 5.41) is -0.211. The van der Waals surface area contributed by atoms with Crippen LogP contribution >= 0.6 is 11.8 Å². The molecule has 1 heterocycles. The molecule has 0 saturated heterocycles. The largest absolute Gasteiger partial charge is 0.494 e. The van der Waals surface area contributed by atoms with E-state index in [4.69, 9.17) is 4.74 Å². The summed E-state index contributed by atoms with van der Waals surface area (Å²) in [5.41, 5.74) is 2.01. The number of thioether (sulfide) groups is 1.